The van der Waals surface area contributed by atoms with Gasteiger partial charge in [-0.25, -0.2) is 5.43 Å². The van der Waals surface area contributed by atoms with Crippen LogP contribution in [0.5, 0.6) is 5.75 Å². The minimum atomic E-state index is -0.393. The van der Waals surface area contributed by atoms with Crippen LogP contribution in [0.2, 0.25) is 10.0 Å². The highest BCUT2D eigenvalue weighted by Crippen LogP contribution is 2.27. The molecular formula is C19H17Cl2N3O2. The van der Waals surface area contributed by atoms with Gasteiger partial charge in [-0.2, -0.15) is 5.10 Å². The number of nitrogens with zero attached hydrogens (tertiary/aromatic N) is 2. The summed E-state index contributed by atoms with van der Waals surface area (Å²) in [7, 11) is 2.00. The van der Waals surface area contributed by atoms with Crippen molar-refractivity contribution in [1.82, 2.24) is 9.99 Å². The molecule has 0 aliphatic carbocycles. The minimum absolute atomic E-state index is 0.216. The molecule has 3 rings (SSSR count). The number of aromatic nitrogens is 1. The molecule has 0 radical (unpaired) electrons. The van der Waals surface area contributed by atoms with Crippen LogP contribution in [-0.4, -0.2) is 23.3 Å². The number of carbonyl (C=O) groups is 1. The zero-order valence-corrected chi connectivity index (χ0v) is 15.8. The first-order valence-corrected chi connectivity index (χ1v) is 8.66. The first-order chi connectivity index (χ1) is 12.5. The van der Waals surface area contributed by atoms with Crippen molar-refractivity contribution in [3.63, 3.8) is 0 Å². The lowest BCUT2D eigenvalue weighted by molar-refractivity contribution is -0.123. The molecule has 0 spiro atoms. The van der Waals surface area contributed by atoms with Crippen molar-refractivity contribution in [3.8, 4) is 5.75 Å². The molecule has 3 aromatic rings. The van der Waals surface area contributed by atoms with Crippen LogP contribution in [0.4, 0.5) is 0 Å². The van der Waals surface area contributed by atoms with Crippen molar-refractivity contribution in [2.45, 2.75) is 6.92 Å². The number of nitrogens with one attached hydrogen (secondary N) is 1. The summed E-state index contributed by atoms with van der Waals surface area (Å²) < 4.78 is 7.46. The Bertz CT molecular complexity index is 996. The molecule has 0 bridgehead atoms. The van der Waals surface area contributed by atoms with Gasteiger partial charge < -0.3 is 9.30 Å². The fourth-order valence-electron chi connectivity index (χ4n) is 2.65. The number of halogens is 2. The van der Waals surface area contributed by atoms with E-state index in [1.165, 1.54) is 0 Å². The Kier molecular flexibility index (Phi) is 5.49. The summed E-state index contributed by atoms with van der Waals surface area (Å²) >= 11 is 11.9. The molecular weight excluding hydrogens is 373 g/mol. The van der Waals surface area contributed by atoms with Gasteiger partial charge in [-0.3, -0.25) is 4.79 Å². The van der Waals surface area contributed by atoms with Gasteiger partial charge in [0.25, 0.3) is 5.91 Å². The van der Waals surface area contributed by atoms with Gasteiger partial charge in [0.1, 0.15) is 5.75 Å². The molecule has 1 amide bonds. The average molecular weight is 390 g/mol. The first kappa shape index (κ1) is 18.3. The monoisotopic (exact) mass is 389 g/mol. The summed E-state index contributed by atoms with van der Waals surface area (Å²) in [5, 5.41) is 5.98. The molecule has 0 unspecified atom stereocenters. The Labute approximate surface area is 161 Å². The number of benzene rings is 2. The van der Waals surface area contributed by atoms with Gasteiger partial charge in [0.15, 0.2) is 6.61 Å². The number of rotatable bonds is 5. The number of aryl methyl sites for hydroxylation is 1. The lowest BCUT2D eigenvalue weighted by Crippen LogP contribution is -2.24. The molecule has 26 heavy (non-hydrogen) atoms. The largest absolute Gasteiger partial charge is 0.482 e. The van der Waals surface area contributed by atoms with E-state index in [0.29, 0.717) is 15.8 Å². The van der Waals surface area contributed by atoms with Crippen LogP contribution >= 0.6 is 23.2 Å². The van der Waals surface area contributed by atoms with Crippen molar-refractivity contribution < 1.29 is 9.53 Å². The molecule has 0 saturated heterocycles. The zero-order valence-electron chi connectivity index (χ0n) is 14.3. The fourth-order valence-corrected chi connectivity index (χ4v) is 2.98. The topological polar surface area (TPSA) is 55.6 Å². The van der Waals surface area contributed by atoms with Crippen molar-refractivity contribution in [1.29, 1.82) is 0 Å². The third kappa shape index (κ3) is 3.84. The number of hydrogen-bond acceptors (Lipinski definition) is 3. The number of amides is 1. The van der Waals surface area contributed by atoms with E-state index in [4.69, 9.17) is 27.9 Å². The molecule has 0 aliphatic rings. The van der Waals surface area contributed by atoms with Gasteiger partial charge in [-0.1, -0.05) is 41.4 Å². The molecule has 1 aromatic heterocycles. The summed E-state index contributed by atoms with van der Waals surface area (Å²) in [5.41, 5.74) is 5.59. The Morgan fingerprint density at radius 3 is 2.85 bits per heavy atom. The van der Waals surface area contributed by atoms with Crippen LogP contribution in [0.25, 0.3) is 10.9 Å². The fraction of sp³-hybridized carbons (Fsp3) is 0.158. The van der Waals surface area contributed by atoms with E-state index in [0.717, 1.165) is 22.2 Å². The Hall–Kier alpha value is -2.50. The summed E-state index contributed by atoms with van der Waals surface area (Å²) in [6.45, 7) is 1.79. The zero-order chi connectivity index (χ0) is 18.7. The molecule has 0 aliphatic heterocycles. The number of para-hydroxylation sites is 1. The predicted molar refractivity (Wildman–Crippen MR) is 105 cm³/mol. The standard InChI is InChI=1S/C19H17Cl2N3O2/c1-12-15(14-5-3-4-6-17(14)24(12)2)10-22-23-19(25)11-26-18-9-13(20)7-8-16(18)21/h3-10H,11H2,1-2H3,(H,23,25). The first-order valence-electron chi connectivity index (χ1n) is 7.91. The van der Waals surface area contributed by atoms with Crippen molar-refractivity contribution in [2.24, 2.45) is 12.1 Å². The highest BCUT2D eigenvalue weighted by molar-refractivity contribution is 6.34. The van der Waals surface area contributed by atoms with Crippen molar-refractivity contribution in [3.05, 3.63) is 63.8 Å². The Morgan fingerprint density at radius 2 is 2.04 bits per heavy atom. The van der Waals surface area contributed by atoms with E-state index in [9.17, 15) is 4.79 Å². The molecule has 2 aromatic carbocycles. The van der Waals surface area contributed by atoms with Crippen molar-refractivity contribution in [2.75, 3.05) is 6.61 Å². The number of ether oxygens (including phenoxy) is 1. The highest BCUT2D eigenvalue weighted by Gasteiger charge is 2.10. The molecule has 7 heteroatoms. The van der Waals surface area contributed by atoms with Crippen LogP contribution in [-0.2, 0) is 11.8 Å². The minimum Gasteiger partial charge on any atom is -0.482 e. The normalized spacial score (nSPS) is 11.2. The molecule has 0 fully saturated rings. The van der Waals surface area contributed by atoms with Crippen LogP contribution in [0, 0.1) is 6.92 Å². The van der Waals surface area contributed by atoms with Gasteiger partial charge in [0, 0.05) is 40.3 Å². The van der Waals surface area contributed by atoms with Crippen LogP contribution in [0.3, 0.4) is 0 Å². The van der Waals surface area contributed by atoms with Crippen LogP contribution < -0.4 is 10.2 Å². The molecule has 0 atom stereocenters. The third-order valence-electron chi connectivity index (χ3n) is 4.08. The number of fused-ring (bicyclic) bond motifs is 1. The van der Waals surface area contributed by atoms with Gasteiger partial charge in [0.05, 0.1) is 11.2 Å². The van der Waals surface area contributed by atoms with Gasteiger partial charge in [-0.15, -0.1) is 0 Å². The number of hydrogen-bond donors (Lipinski definition) is 1. The number of hydrazone groups is 1. The van der Waals surface area contributed by atoms with Crippen molar-refractivity contribution >= 4 is 46.2 Å². The molecule has 1 N–H and O–H groups in total. The smallest absolute Gasteiger partial charge is 0.277 e. The SMILES string of the molecule is Cc1c(C=NNC(=O)COc2cc(Cl)ccc2Cl)c2ccccc2n1C. The van der Waals surface area contributed by atoms with Crippen LogP contribution in [0.15, 0.2) is 47.6 Å². The lowest BCUT2D eigenvalue weighted by atomic mass is 10.1. The highest BCUT2D eigenvalue weighted by atomic mass is 35.5. The van der Waals surface area contributed by atoms with E-state index in [-0.39, 0.29) is 6.61 Å². The maximum absolute atomic E-state index is 11.9. The second-order valence-corrected chi connectivity index (χ2v) is 6.58. The summed E-state index contributed by atoms with van der Waals surface area (Å²) in [4.78, 5) is 11.9. The third-order valence-corrected chi connectivity index (χ3v) is 4.63. The molecule has 5 nitrogen and oxygen atoms in total. The lowest BCUT2D eigenvalue weighted by Gasteiger charge is -2.07. The molecule has 134 valence electrons. The van der Waals surface area contributed by atoms with Crippen LogP contribution in [0.1, 0.15) is 11.3 Å². The Morgan fingerprint density at radius 1 is 1.27 bits per heavy atom. The Balaban J connectivity index is 1.65. The maximum atomic E-state index is 11.9. The average Bonchev–Trinajstić information content (AvgIpc) is 2.87. The van der Waals surface area contributed by atoms with E-state index in [2.05, 4.69) is 15.1 Å². The molecule has 0 saturated carbocycles. The van der Waals surface area contributed by atoms with E-state index < -0.39 is 5.91 Å². The van der Waals surface area contributed by atoms with E-state index in [1.807, 2.05) is 38.2 Å². The summed E-state index contributed by atoms with van der Waals surface area (Å²) in [5.74, 6) is -0.0432. The quantitative estimate of drug-likeness (QED) is 0.521. The van der Waals surface area contributed by atoms with Gasteiger partial charge in [-0.05, 0) is 25.1 Å². The second-order valence-electron chi connectivity index (χ2n) is 5.73. The maximum Gasteiger partial charge on any atom is 0.277 e. The van der Waals surface area contributed by atoms with Gasteiger partial charge in [0.2, 0.25) is 0 Å². The number of carbonyl (C=O) groups excluding carboxylic acids is 1. The second kappa shape index (κ2) is 7.81. The predicted octanol–water partition coefficient (Wildman–Crippen LogP) is 4.32. The van der Waals surface area contributed by atoms with Gasteiger partial charge >= 0.3 is 0 Å². The molecule has 1 heterocycles. The summed E-state index contributed by atoms with van der Waals surface area (Å²) in [6.07, 6.45) is 1.64. The van der Waals surface area contributed by atoms with E-state index >= 15 is 0 Å². The summed E-state index contributed by atoms with van der Waals surface area (Å²) in [6, 6.07) is 12.8. The van der Waals surface area contributed by atoms with E-state index in [1.54, 1.807) is 24.4 Å².